The van der Waals surface area contributed by atoms with Gasteiger partial charge in [-0.1, -0.05) is 12.1 Å². The second kappa shape index (κ2) is 6.05. The largest absolute Gasteiger partial charge is 0.416 e. The van der Waals surface area contributed by atoms with E-state index in [-0.39, 0.29) is 11.4 Å². The summed E-state index contributed by atoms with van der Waals surface area (Å²) in [5, 5.41) is 3.72. The van der Waals surface area contributed by atoms with Crippen LogP contribution in [0.4, 0.5) is 13.2 Å². The van der Waals surface area contributed by atoms with Crippen molar-refractivity contribution in [1.82, 2.24) is 9.19 Å². The summed E-state index contributed by atoms with van der Waals surface area (Å²) in [6.45, 7) is 0.192. The predicted molar refractivity (Wildman–Crippen MR) is 93.0 cm³/mol. The van der Waals surface area contributed by atoms with Gasteiger partial charge in [-0.25, -0.2) is 0 Å². The molecule has 0 saturated heterocycles. The van der Waals surface area contributed by atoms with E-state index in [4.69, 9.17) is 0 Å². The minimum absolute atomic E-state index is 0.00719. The van der Waals surface area contributed by atoms with Crippen molar-refractivity contribution in [3.05, 3.63) is 71.5 Å². The van der Waals surface area contributed by atoms with Crippen LogP contribution in [0.3, 0.4) is 0 Å². The van der Waals surface area contributed by atoms with Crippen molar-refractivity contribution in [2.75, 3.05) is 0 Å². The summed E-state index contributed by atoms with van der Waals surface area (Å²) >= 11 is 0. The minimum Gasteiger partial charge on any atom is -0.288 e. The summed E-state index contributed by atoms with van der Waals surface area (Å²) in [6, 6.07) is 9.32. The van der Waals surface area contributed by atoms with Crippen LogP contribution in [0.15, 0.2) is 64.7 Å². The molecule has 1 aliphatic heterocycles. The maximum absolute atomic E-state index is 13.2. The molecule has 2 aromatic carbocycles. The van der Waals surface area contributed by atoms with Gasteiger partial charge < -0.3 is 0 Å². The lowest BCUT2D eigenvalue weighted by Gasteiger charge is -2.14. The number of fused-ring (bicyclic) bond motifs is 1. The first kappa shape index (κ1) is 17.5. The molecule has 3 aromatic rings. The Hall–Kier alpha value is -2.94. The number of hydrogen-bond donors (Lipinski definition) is 0. The number of aromatic nitrogens is 2. The van der Waals surface area contributed by atoms with E-state index in [1.54, 1.807) is 6.21 Å². The van der Waals surface area contributed by atoms with Gasteiger partial charge in [0.05, 0.1) is 23.2 Å². The smallest absolute Gasteiger partial charge is 0.288 e. The van der Waals surface area contributed by atoms with Gasteiger partial charge in [-0.15, -0.1) is 0 Å². The standard InChI is InChI=1S/C18H12F3N3O2S/c19-18(20,21)14-8-13-10-22-11-17(13)16(9-14)12-2-4-15(5-3-12)27(25,26)24-7-1-6-23-24/h1-9,11H,10H2. The monoisotopic (exact) mass is 391 g/mol. The maximum atomic E-state index is 13.2. The molecule has 0 unspecified atom stereocenters. The lowest BCUT2D eigenvalue weighted by atomic mass is 9.94. The van der Waals surface area contributed by atoms with Gasteiger partial charge in [-0.05, 0) is 47.0 Å². The van der Waals surface area contributed by atoms with Crippen LogP contribution < -0.4 is 0 Å². The molecule has 138 valence electrons. The van der Waals surface area contributed by atoms with Crippen LogP contribution in [-0.2, 0) is 22.7 Å². The third-order valence-corrected chi connectivity index (χ3v) is 5.84. The summed E-state index contributed by atoms with van der Waals surface area (Å²) in [5.41, 5.74) is 1.20. The van der Waals surface area contributed by atoms with Crippen LogP contribution in [0, 0.1) is 0 Å². The zero-order chi connectivity index (χ0) is 19.2. The molecular formula is C18H12F3N3O2S. The number of alkyl halides is 3. The molecule has 0 saturated carbocycles. The van der Waals surface area contributed by atoms with Gasteiger partial charge in [0, 0.05) is 18.0 Å². The van der Waals surface area contributed by atoms with Gasteiger partial charge >= 0.3 is 6.18 Å². The molecule has 1 aromatic heterocycles. The zero-order valence-corrected chi connectivity index (χ0v) is 14.5. The number of halogens is 3. The van der Waals surface area contributed by atoms with Crippen molar-refractivity contribution in [2.24, 2.45) is 4.99 Å². The van der Waals surface area contributed by atoms with E-state index in [1.807, 2.05) is 0 Å². The predicted octanol–water partition coefficient (Wildman–Crippen LogP) is 3.74. The SMILES string of the molecule is O=S(=O)(c1ccc(-c2cc(C(F)(F)F)cc3c2C=NC3)cc1)n1cccn1. The summed E-state index contributed by atoms with van der Waals surface area (Å²) in [5.74, 6) is 0. The number of aliphatic imine (C=N–C) groups is 1. The molecule has 0 radical (unpaired) electrons. The van der Waals surface area contributed by atoms with E-state index in [0.717, 1.165) is 16.2 Å². The van der Waals surface area contributed by atoms with Gasteiger partial charge in [-0.2, -0.15) is 30.8 Å². The highest BCUT2D eigenvalue weighted by Gasteiger charge is 2.32. The highest BCUT2D eigenvalue weighted by atomic mass is 32.2. The van der Waals surface area contributed by atoms with E-state index in [9.17, 15) is 21.6 Å². The Morgan fingerprint density at radius 2 is 1.81 bits per heavy atom. The fraction of sp³-hybridized carbons (Fsp3) is 0.111. The molecule has 0 bridgehead atoms. The molecule has 2 heterocycles. The second-order valence-corrected chi connectivity index (χ2v) is 7.77. The lowest BCUT2D eigenvalue weighted by molar-refractivity contribution is -0.137. The highest BCUT2D eigenvalue weighted by molar-refractivity contribution is 7.89. The van der Waals surface area contributed by atoms with Crippen molar-refractivity contribution >= 4 is 16.2 Å². The van der Waals surface area contributed by atoms with Crippen LogP contribution in [0.1, 0.15) is 16.7 Å². The number of benzene rings is 2. The van der Waals surface area contributed by atoms with Crippen molar-refractivity contribution in [3.8, 4) is 11.1 Å². The lowest BCUT2D eigenvalue weighted by Crippen LogP contribution is -2.13. The van der Waals surface area contributed by atoms with Crippen LogP contribution >= 0.6 is 0 Å². The molecule has 5 nitrogen and oxygen atoms in total. The molecule has 1 aliphatic rings. The normalized spacial score (nSPS) is 13.7. The number of nitrogens with zero attached hydrogens (tertiary/aromatic N) is 3. The average Bonchev–Trinajstić information content (AvgIpc) is 3.32. The van der Waals surface area contributed by atoms with E-state index < -0.39 is 21.8 Å². The van der Waals surface area contributed by atoms with Crippen molar-refractivity contribution in [3.63, 3.8) is 0 Å². The van der Waals surface area contributed by atoms with Crippen LogP contribution in [0.25, 0.3) is 11.1 Å². The van der Waals surface area contributed by atoms with E-state index in [1.165, 1.54) is 42.7 Å². The second-order valence-electron chi connectivity index (χ2n) is 5.97. The van der Waals surface area contributed by atoms with Crippen molar-refractivity contribution in [2.45, 2.75) is 17.6 Å². The average molecular weight is 391 g/mol. The Bertz CT molecular complexity index is 1130. The minimum atomic E-state index is -4.48. The first-order chi connectivity index (χ1) is 12.8. The Balaban J connectivity index is 1.79. The first-order valence-corrected chi connectivity index (χ1v) is 9.30. The molecule has 0 N–H and O–H groups in total. The Morgan fingerprint density at radius 1 is 1.07 bits per heavy atom. The number of hydrogen-bond acceptors (Lipinski definition) is 4. The Labute approximate surface area is 152 Å². The fourth-order valence-electron chi connectivity index (χ4n) is 2.95. The topological polar surface area (TPSA) is 64.3 Å². The van der Waals surface area contributed by atoms with Gasteiger partial charge in [-0.3, -0.25) is 4.99 Å². The Morgan fingerprint density at radius 3 is 2.44 bits per heavy atom. The highest BCUT2D eigenvalue weighted by Crippen LogP contribution is 2.37. The van der Waals surface area contributed by atoms with Crippen LogP contribution in [0.2, 0.25) is 0 Å². The third kappa shape index (κ3) is 3.03. The van der Waals surface area contributed by atoms with E-state index >= 15 is 0 Å². The van der Waals surface area contributed by atoms with E-state index in [2.05, 4.69) is 10.1 Å². The molecule has 0 aliphatic carbocycles. The summed E-state index contributed by atoms with van der Waals surface area (Å²) in [7, 11) is -3.84. The molecule has 0 spiro atoms. The summed E-state index contributed by atoms with van der Waals surface area (Å²) in [4.78, 5) is 4.04. The van der Waals surface area contributed by atoms with Gasteiger partial charge in [0.2, 0.25) is 0 Å². The van der Waals surface area contributed by atoms with Gasteiger partial charge in [0.1, 0.15) is 0 Å². The maximum Gasteiger partial charge on any atom is 0.416 e. The molecule has 0 amide bonds. The third-order valence-electron chi connectivity index (χ3n) is 4.26. The molecule has 27 heavy (non-hydrogen) atoms. The Kier molecular flexibility index (Phi) is 3.92. The van der Waals surface area contributed by atoms with Gasteiger partial charge in [0.15, 0.2) is 0 Å². The van der Waals surface area contributed by atoms with Crippen molar-refractivity contribution < 1.29 is 21.6 Å². The van der Waals surface area contributed by atoms with Crippen LogP contribution in [-0.4, -0.2) is 23.8 Å². The van der Waals surface area contributed by atoms with Gasteiger partial charge in [0.25, 0.3) is 10.0 Å². The zero-order valence-electron chi connectivity index (χ0n) is 13.7. The van der Waals surface area contributed by atoms with Crippen molar-refractivity contribution in [1.29, 1.82) is 0 Å². The summed E-state index contributed by atoms with van der Waals surface area (Å²) < 4.78 is 65.3. The van der Waals surface area contributed by atoms with E-state index in [0.29, 0.717) is 22.3 Å². The summed E-state index contributed by atoms with van der Waals surface area (Å²) in [6.07, 6.45) is -0.286. The molecule has 9 heteroatoms. The molecule has 0 atom stereocenters. The molecular weight excluding hydrogens is 379 g/mol. The fourth-order valence-corrected chi connectivity index (χ4v) is 4.05. The quantitative estimate of drug-likeness (QED) is 0.683. The molecule has 0 fully saturated rings. The first-order valence-electron chi connectivity index (χ1n) is 7.86. The molecule has 4 rings (SSSR count). The van der Waals surface area contributed by atoms with Crippen LogP contribution in [0.5, 0.6) is 0 Å². The number of rotatable bonds is 3.